The van der Waals surface area contributed by atoms with E-state index in [0.717, 1.165) is 5.69 Å². The van der Waals surface area contributed by atoms with Crippen LogP contribution in [0.3, 0.4) is 0 Å². The molecule has 1 N–H and O–H groups in total. The maximum Gasteiger partial charge on any atom is 0.251 e. The van der Waals surface area contributed by atoms with Crippen molar-refractivity contribution in [2.75, 3.05) is 6.54 Å². The van der Waals surface area contributed by atoms with Gasteiger partial charge in [0.05, 0.1) is 5.69 Å². The lowest BCUT2D eigenvalue weighted by atomic mass is 10.1. The van der Waals surface area contributed by atoms with Gasteiger partial charge in [0.15, 0.2) is 0 Å². The quantitative estimate of drug-likeness (QED) is 0.895. The van der Waals surface area contributed by atoms with E-state index in [1.807, 2.05) is 36.5 Å². The second-order valence-electron chi connectivity index (χ2n) is 4.60. The van der Waals surface area contributed by atoms with Gasteiger partial charge in [0.1, 0.15) is 0 Å². The van der Waals surface area contributed by atoms with E-state index >= 15 is 0 Å². The molecule has 0 saturated heterocycles. The Labute approximate surface area is 107 Å². The Balaban J connectivity index is 2.06. The van der Waals surface area contributed by atoms with Crippen LogP contribution in [0.1, 0.15) is 24.2 Å². The van der Waals surface area contributed by atoms with Crippen LogP contribution >= 0.6 is 0 Å². The predicted octanol–water partition coefficient (Wildman–Crippen LogP) is 2.26. The van der Waals surface area contributed by atoms with Gasteiger partial charge in [0.2, 0.25) is 0 Å². The minimum Gasteiger partial charge on any atom is -0.352 e. The summed E-state index contributed by atoms with van der Waals surface area (Å²) in [6, 6.07) is 9.26. The van der Waals surface area contributed by atoms with E-state index in [-0.39, 0.29) is 5.91 Å². The highest BCUT2D eigenvalue weighted by Crippen LogP contribution is 2.08. The number of carbonyl (C=O) groups is 1. The second-order valence-corrected chi connectivity index (χ2v) is 4.60. The molecule has 0 spiro atoms. The lowest BCUT2D eigenvalue weighted by Crippen LogP contribution is -2.27. The first-order valence-corrected chi connectivity index (χ1v) is 6.05. The van der Waals surface area contributed by atoms with Crippen molar-refractivity contribution in [1.82, 2.24) is 15.1 Å². The molecule has 4 nitrogen and oxygen atoms in total. The molecule has 0 aliphatic rings. The van der Waals surface area contributed by atoms with E-state index in [1.165, 1.54) is 0 Å². The Bertz CT molecular complexity index is 500. The van der Waals surface area contributed by atoms with Crippen LogP contribution in [0.25, 0.3) is 5.69 Å². The molecule has 0 bridgehead atoms. The van der Waals surface area contributed by atoms with Gasteiger partial charge >= 0.3 is 0 Å². The van der Waals surface area contributed by atoms with E-state index in [4.69, 9.17) is 0 Å². The van der Waals surface area contributed by atoms with Gasteiger partial charge in [-0.1, -0.05) is 13.8 Å². The van der Waals surface area contributed by atoms with Gasteiger partial charge in [-0.3, -0.25) is 4.79 Å². The molecule has 1 aromatic heterocycles. The molecule has 0 aliphatic carbocycles. The summed E-state index contributed by atoms with van der Waals surface area (Å²) >= 11 is 0. The lowest BCUT2D eigenvalue weighted by Gasteiger charge is -2.08. The van der Waals surface area contributed by atoms with Gasteiger partial charge in [0.25, 0.3) is 5.91 Å². The number of benzene rings is 1. The van der Waals surface area contributed by atoms with Crippen molar-refractivity contribution in [1.29, 1.82) is 0 Å². The van der Waals surface area contributed by atoms with Crippen molar-refractivity contribution in [3.63, 3.8) is 0 Å². The number of nitrogens with one attached hydrogen (secondary N) is 1. The Kier molecular flexibility index (Phi) is 3.77. The fourth-order valence-electron chi connectivity index (χ4n) is 1.59. The molecular weight excluding hydrogens is 226 g/mol. The first-order valence-electron chi connectivity index (χ1n) is 6.05. The van der Waals surface area contributed by atoms with Crippen LogP contribution in [-0.4, -0.2) is 22.2 Å². The van der Waals surface area contributed by atoms with Gasteiger partial charge in [0, 0.05) is 24.5 Å². The average Bonchev–Trinajstić information content (AvgIpc) is 2.90. The molecule has 0 saturated carbocycles. The van der Waals surface area contributed by atoms with Crippen LogP contribution in [0.4, 0.5) is 0 Å². The molecule has 4 heteroatoms. The highest BCUT2D eigenvalue weighted by atomic mass is 16.1. The zero-order valence-corrected chi connectivity index (χ0v) is 10.6. The van der Waals surface area contributed by atoms with Crippen molar-refractivity contribution < 1.29 is 4.79 Å². The summed E-state index contributed by atoms with van der Waals surface area (Å²) in [6.07, 6.45) is 3.59. The largest absolute Gasteiger partial charge is 0.352 e. The summed E-state index contributed by atoms with van der Waals surface area (Å²) in [6.45, 7) is 4.84. The van der Waals surface area contributed by atoms with E-state index in [1.54, 1.807) is 10.9 Å². The molecule has 0 aliphatic heterocycles. The Morgan fingerprint density at radius 3 is 2.61 bits per heavy atom. The third-order valence-electron chi connectivity index (χ3n) is 2.57. The summed E-state index contributed by atoms with van der Waals surface area (Å²) in [5, 5.41) is 7.03. The lowest BCUT2D eigenvalue weighted by molar-refractivity contribution is 0.0949. The summed E-state index contributed by atoms with van der Waals surface area (Å²) in [7, 11) is 0. The highest BCUT2D eigenvalue weighted by Gasteiger charge is 2.06. The standard InChI is InChI=1S/C14H17N3O/c1-11(2)10-15-14(18)12-4-6-13(7-5-12)17-9-3-8-16-17/h3-9,11H,10H2,1-2H3,(H,15,18). The summed E-state index contributed by atoms with van der Waals surface area (Å²) in [4.78, 5) is 11.8. The molecule has 18 heavy (non-hydrogen) atoms. The maximum atomic E-state index is 11.8. The predicted molar refractivity (Wildman–Crippen MR) is 70.7 cm³/mol. The van der Waals surface area contributed by atoms with E-state index in [0.29, 0.717) is 18.0 Å². The smallest absolute Gasteiger partial charge is 0.251 e. The average molecular weight is 243 g/mol. The van der Waals surface area contributed by atoms with Crippen LogP contribution < -0.4 is 5.32 Å². The van der Waals surface area contributed by atoms with Gasteiger partial charge < -0.3 is 5.32 Å². The molecule has 2 rings (SSSR count). The fraction of sp³-hybridized carbons (Fsp3) is 0.286. The Morgan fingerprint density at radius 1 is 1.33 bits per heavy atom. The van der Waals surface area contributed by atoms with Crippen molar-refractivity contribution in [2.45, 2.75) is 13.8 Å². The molecular formula is C14H17N3O. The number of hydrogen-bond donors (Lipinski definition) is 1. The maximum absolute atomic E-state index is 11.8. The van der Waals surface area contributed by atoms with Gasteiger partial charge in [-0.15, -0.1) is 0 Å². The fourth-order valence-corrected chi connectivity index (χ4v) is 1.59. The van der Waals surface area contributed by atoms with Gasteiger partial charge in [-0.2, -0.15) is 5.10 Å². The number of hydrogen-bond acceptors (Lipinski definition) is 2. The van der Waals surface area contributed by atoms with Crippen LogP contribution in [0.2, 0.25) is 0 Å². The molecule has 94 valence electrons. The molecule has 0 atom stereocenters. The monoisotopic (exact) mass is 243 g/mol. The van der Waals surface area contributed by atoms with Crippen LogP contribution in [0.15, 0.2) is 42.7 Å². The molecule has 1 amide bonds. The van der Waals surface area contributed by atoms with E-state index < -0.39 is 0 Å². The minimum atomic E-state index is -0.0317. The van der Waals surface area contributed by atoms with Crippen molar-refractivity contribution in [2.24, 2.45) is 5.92 Å². The topological polar surface area (TPSA) is 46.9 Å². The SMILES string of the molecule is CC(C)CNC(=O)c1ccc(-n2cccn2)cc1. The van der Waals surface area contributed by atoms with Crippen molar-refractivity contribution in [3.8, 4) is 5.69 Å². The van der Waals surface area contributed by atoms with E-state index in [2.05, 4.69) is 24.3 Å². The third kappa shape index (κ3) is 2.97. The molecule has 1 aromatic carbocycles. The van der Waals surface area contributed by atoms with Crippen LogP contribution in [0, 0.1) is 5.92 Å². The first kappa shape index (κ1) is 12.4. The number of rotatable bonds is 4. The van der Waals surface area contributed by atoms with Crippen molar-refractivity contribution in [3.05, 3.63) is 48.3 Å². The normalized spacial score (nSPS) is 10.6. The molecule has 1 heterocycles. The molecule has 0 fully saturated rings. The third-order valence-corrected chi connectivity index (χ3v) is 2.57. The number of aromatic nitrogens is 2. The first-order chi connectivity index (χ1) is 8.66. The zero-order chi connectivity index (χ0) is 13.0. The molecule has 2 aromatic rings. The minimum absolute atomic E-state index is 0.0317. The summed E-state index contributed by atoms with van der Waals surface area (Å²) in [5.41, 5.74) is 1.62. The summed E-state index contributed by atoms with van der Waals surface area (Å²) in [5.74, 6) is 0.424. The van der Waals surface area contributed by atoms with Crippen LogP contribution in [-0.2, 0) is 0 Å². The zero-order valence-electron chi connectivity index (χ0n) is 10.6. The van der Waals surface area contributed by atoms with Gasteiger partial charge in [-0.25, -0.2) is 4.68 Å². The van der Waals surface area contributed by atoms with Gasteiger partial charge in [-0.05, 0) is 36.2 Å². The highest BCUT2D eigenvalue weighted by molar-refractivity contribution is 5.94. The number of amides is 1. The molecule has 0 radical (unpaired) electrons. The van der Waals surface area contributed by atoms with E-state index in [9.17, 15) is 4.79 Å². The number of nitrogens with zero attached hydrogens (tertiary/aromatic N) is 2. The summed E-state index contributed by atoms with van der Waals surface area (Å²) < 4.78 is 1.76. The Hall–Kier alpha value is -2.10. The number of carbonyl (C=O) groups excluding carboxylic acids is 1. The van der Waals surface area contributed by atoms with Crippen LogP contribution in [0.5, 0.6) is 0 Å². The second kappa shape index (κ2) is 5.49. The molecule has 0 unspecified atom stereocenters. The Morgan fingerprint density at radius 2 is 2.06 bits per heavy atom. The van der Waals surface area contributed by atoms with Crippen molar-refractivity contribution >= 4 is 5.91 Å².